The summed E-state index contributed by atoms with van der Waals surface area (Å²) in [4.78, 5) is 26.1. The first kappa shape index (κ1) is 23.1. The molecule has 33 heavy (non-hydrogen) atoms. The molecule has 0 spiro atoms. The van der Waals surface area contributed by atoms with E-state index in [0.717, 1.165) is 37.1 Å². The molecule has 5 N–H and O–H groups in total. The molecule has 1 aliphatic carbocycles. The third-order valence-electron chi connectivity index (χ3n) is 5.47. The first-order valence-corrected chi connectivity index (χ1v) is 12.1. The van der Waals surface area contributed by atoms with E-state index in [1.54, 1.807) is 16.3 Å². The molecule has 172 valence electrons. The summed E-state index contributed by atoms with van der Waals surface area (Å²) in [6.07, 6.45) is 4.49. The highest BCUT2D eigenvalue weighted by Gasteiger charge is 2.37. The second kappa shape index (κ2) is 9.41. The molecule has 3 aromatic rings. The zero-order valence-electron chi connectivity index (χ0n) is 17.8. The molecule has 4 rings (SSSR count). The number of aromatic nitrogens is 4. The van der Waals surface area contributed by atoms with E-state index in [0.29, 0.717) is 12.4 Å². The lowest BCUT2D eigenvalue weighted by atomic mass is 10.1. The molecule has 0 bridgehead atoms. The van der Waals surface area contributed by atoms with Gasteiger partial charge in [0.05, 0.1) is 22.0 Å². The Morgan fingerprint density at radius 1 is 1.36 bits per heavy atom. The minimum atomic E-state index is -0.600. The number of fused-ring (bicyclic) bond motifs is 1. The first-order valence-electron chi connectivity index (χ1n) is 10.3. The predicted octanol–water partition coefficient (Wildman–Crippen LogP) is 3.33. The molecule has 9 nitrogen and oxygen atoms in total. The number of benzene rings is 1. The minimum Gasteiger partial charge on any atom is -0.382 e. The maximum Gasteiger partial charge on any atom is 0.261 e. The number of nitrogens with zero attached hydrogens (tertiary/aromatic N) is 5. The van der Waals surface area contributed by atoms with Crippen LogP contribution in [0.3, 0.4) is 0 Å². The molecule has 0 saturated heterocycles. The summed E-state index contributed by atoms with van der Waals surface area (Å²) < 4.78 is 15.6. The molecule has 0 unspecified atom stereocenters. The van der Waals surface area contributed by atoms with Gasteiger partial charge in [0.2, 0.25) is 5.95 Å². The zero-order chi connectivity index (χ0) is 23.7. The van der Waals surface area contributed by atoms with Crippen molar-refractivity contribution in [2.45, 2.75) is 31.8 Å². The van der Waals surface area contributed by atoms with Gasteiger partial charge in [-0.1, -0.05) is 11.6 Å². The Balaban J connectivity index is 1.89. The van der Waals surface area contributed by atoms with Gasteiger partial charge in [0.1, 0.15) is 29.1 Å². The van der Waals surface area contributed by atoms with Crippen molar-refractivity contribution in [3.63, 3.8) is 0 Å². The number of halogens is 2. The van der Waals surface area contributed by atoms with Crippen LogP contribution in [0.1, 0.15) is 36.7 Å². The number of nitriles is 1. The second-order valence-electron chi connectivity index (χ2n) is 7.82. The van der Waals surface area contributed by atoms with Gasteiger partial charge in [-0.15, -0.1) is 0 Å². The highest BCUT2D eigenvalue weighted by Crippen LogP contribution is 2.43. The largest absolute Gasteiger partial charge is 0.382 e. The topological polar surface area (TPSA) is 149 Å². The lowest BCUT2D eigenvalue weighted by molar-refractivity contribution is 0.538. The van der Waals surface area contributed by atoms with Gasteiger partial charge in [-0.25, -0.2) is 9.37 Å². The Kier molecular flexibility index (Phi) is 6.58. The summed E-state index contributed by atoms with van der Waals surface area (Å²) in [5, 5.41) is 13.0. The quantitative estimate of drug-likeness (QED) is 0.406. The summed E-state index contributed by atoms with van der Waals surface area (Å²) >= 11 is 7.93. The standard InChI is InChI=1S/C21H22ClFN8OS/c1-33-6-2-5-31-19(28-16-12(20(31)32)7-11(23)8-14(16)22)15(10-3-4-10)27-18-13(9-24)17(25)29-21(26)30-18/h7-8,10,15H,2-6H2,1H3,(H5,25,26,27,29,30)/t15-/m0/s1. The average molecular weight is 489 g/mol. The highest BCUT2D eigenvalue weighted by atomic mass is 35.5. The number of nitrogens with two attached hydrogens (primary N) is 2. The lowest BCUT2D eigenvalue weighted by Gasteiger charge is -2.24. The van der Waals surface area contributed by atoms with Crippen LogP contribution >= 0.6 is 23.4 Å². The fourth-order valence-corrected chi connectivity index (χ4v) is 4.43. The molecule has 0 aliphatic heterocycles. The number of rotatable bonds is 8. The van der Waals surface area contributed by atoms with E-state index in [2.05, 4.69) is 15.3 Å². The summed E-state index contributed by atoms with van der Waals surface area (Å²) in [5.41, 5.74) is 11.5. The number of hydrogen-bond donors (Lipinski definition) is 3. The Hall–Kier alpha value is -3.10. The molecule has 1 atom stereocenters. The van der Waals surface area contributed by atoms with Crippen LogP contribution in [-0.2, 0) is 6.54 Å². The summed E-state index contributed by atoms with van der Waals surface area (Å²) in [6.45, 7) is 0.399. The maximum absolute atomic E-state index is 14.0. The zero-order valence-corrected chi connectivity index (χ0v) is 19.4. The van der Waals surface area contributed by atoms with Crippen molar-refractivity contribution in [2.24, 2.45) is 5.92 Å². The van der Waals surface area contributed by atoms with Crippen LogP contribution in [0.5, 0.6) is 0 Å². The van der Waals surface area contributed by atoms with E-state index in [1.165, 1.54) is 0 Å². The average Bonchev–Trinajstić information content (AvgIpc) is 3.59. The van der Waals surface area contributed by atoms with Crippen molar-refractivity contribution >= 4 is 51.8 Å². The number of nitrogen functional groups attached to an aromatic ring is 2. The van der Waals surface area contributed by atoms with Crippen LogP contribution in [0.4, 0.5) is 22.0 Å². The fourth-order valence-electron chi connectivity index (χ4n) is 3.77. The smallest absolute Gasteiger partial charge is 0.261 e. The molecular weight excluding hydrogens is 467 g/mol. The van der Waals surface area contributed by atoms with Crippen LogP contribution in [0.15, 0.2) is 16.9 Å². The number of nitrogens with one attached hydrogen (secondary N) is 1. The molecule has 0 radical (unpaired) electrons. The number of hydrogen-bond acceptors (Lipinski definition) is 9. The molecular formula is C21H22ClFN8OS. The SMILES string of the molecule is CSCCCn1c([C@@H](Nc2nc(N)nc(N)c2C#N)C2CC2)nc2c(Cl)cc(F)cc2c1=O. The van der Waals surface area contributed by atoms with Gasteiger partial charge in [0.15, 0.2) is 5.82 Å². The molecule has 1 aliphatic rings. The van der Waals surface area contributed by atoms with Crippen molar-refractivity contribution in [2.75, 3.05) is 28.8 Å². The van der Waals surface area contributed by atoms with Gasteiger partial charge in [-0.2, -0.15) is 27.0 Å². The van der Waals surface area contributed by atoms with E-state index in [4.69, 9.17) is 28.1 Å². The highest BCUT2D eigenvalue weighted by molar-refractivity contribution is 7.98. The third-order valence-corrected chi connectivity index (χ3v) is 6.45. The predicted molar refractivity (Wildman–Crippen MR) is 129 cm³/mol. The van der Waals surface area contributed by atoms with Crippen molar-refractivity contribution in [3.05, 3.63) is 44.7 Å². The summed E-state index contributed by atoms with van der Waals surface area (Å²) in [7, 11) is 0. The Bertz CT molecular complexity index is 1320. The summed E-state index contributed by atoms with van der Waals surface area (Å²) in [5.74, 6) is 0.892. The van der Waals surface area contributed by atoms with Gasteiger partial charge >= 0.3 is 0 Å². The van der Waals surface area contributed by atoms with Crippen LogP contribution < -0.4 is 22.3 Å². The Morgan fingerprint density at radius 3 is 2.79 bits per heavy atom. The molecule has 1 fully saturated rings. The van der Waals surface area contributed by atoms with Crippen LogP contribution in [0, 0.1) is 23.1 Å². The fraction of sp³-hybridized carbons (Fsp3) is 0.381. The Labute approximate surface area is 198 Å². The van der Waals surface area contributed by atoms with E-state index < -0.39 is 11.9 Å². The second-order valence-corrected chi connectivity index (χ2v) is 9.21. The maximum atomic E-state index is 14.0. The van der Waals surface area contributed by atoms with Crippen molar-refractivity contribution in [1.82, 2.24) is 19.5 Å². The van der Waals surface area contributed by atoms with E-state index in [-0.39, 0.29) is 50.6 Å². The van der Waals surface area contributed by atoms with E-state index in [1.807, 2.05) is 12.3 Å². The van der Waals surface area contributed by atoms with Gasteiger partial charge in [-0.3, -0.25) is 9.36 Å². The van der Waals surface area contributed by atoms with Crippen molar-refractivity contribution < 1.29 is 4.39 Å². The molecule has 2 aromatic heterocycles. The minimum absolute atomic E-state index is 0.0376. The van der Waals surface area contributed by atoms with Crippen LogP contribution in [0.25, 0.3) is 10.9 Å². The normalized spacial score (nSPS) is 14.2. The number of anilines is 3. The molecule has 1 aromatic carbocycles. The lowest BCUT2D eigenvalue weighted by Crippen LogP contribution is -2.31. The van der Waals surface area contributed by atoms with Gasteiger partial charge in [0.25, 0.3) is 5.56 Å². The molecule has 12 heteroatoms. The molecule has 2 heterocycles. The Morgan fingerprint density at radius 2 is 2.12 bits per heavy atom. The van der Waals surface area contributed by atoms with E-state index in [9.17, 15) is 14.4 Å². The number of thioether (sulfide) groups is 1. The van der Waals surface area contributed by atoms with Gasteiger partial charge < -0.3 is 16.8 Å². The summed E-state index contributed by atoms with van der Waals surface area (Å²) in [6, 6.07) is 3.83. The van der Waals surface area contributed by atoms with Crippen LogP contribution in [0.2, 0.25) is 5.02 Å². The van der Waals surface area contributed by atoms with Gasteiger partial charge in [-0.05, 0) is 49.3 Å². The first-order chi connectivity index (χ1) is 15.8. The van der Waals surface area contributed by atoms with Crippen molar-refractivity contribution in [1.29, 1.82) is 5.26 Å². The van der Waals surface area contributed by atoms with Gasteiger partial charge in [0, 0.05) is 6.54 Å². The van der Waals surface area contributed by atoms with E-state index >= 15 is 0 Å². The molecule has 1 saturated carbocycles. The van der Waals surface area contributed by atoms with Crippen LogP contribution in [-0.4, -0.2) is 31.5 Å². The molecule has 0 amide bonds. The third kappa shape index (κ3) is 4.67. The monoisotopic (exact) mass is 488 g/mol. The van der Waals surface area contributed by atoms with Crippen molar-refractivity contribution in [3.8, 4) is 6.07 Å².